The van der Waals surface area contributed by atoms with Crippen LogP contribution in [0.15, 0.2) is 33.9 Å². The molecular weight excluding hydrogens is 297 g/mol. The third-order valence-electron chi connectivity index (χ3n) is 2.73. The van der Waals surface area contributed by atoms with E-state index in [1.807, 2.05) is 0 Å². The zero-order valence-electron chi connectivity index (χ0n) is 10.1. The monoisotopic (exact) mass is 304 g/mol. The van der Waals surface area contributed by atoms with E-state index >= 15 is 0 Å². The van der Waals surface area contributed by atoms with Crippen LogP contribution in [0.3, 0.4) is 0 Å². The van der Waals surface area contributed by atoms with Crippen molar-refractivity contribution in [2.75, 3.05) is 0 Å². The number of hydrogen-bond acceptors (Lipinski definition) is 2. The van der Waals surface area contributed by atoms with Crippen molar-refractivity contribution in [1.29, 1.82) is 0 Å². The Morgan fingerprint density at radius 2 is 1.70 bits per heavy atom. The quantitative estimate of drug-likeness (QED) is 0.823. The van der Waals surface area contributed by atoms with Gasteiger partial charge >= 0.3 is 11.9 Å². The smallest absolute Gasteiger partial charge is 0.297 e. The van der Waals surface area contributed by atoms with Crippen LogP contribution in [0.1, 0.15) is 11.1 Å². The van der Waals surface area contributed by atoms with Gasteiger partial charge in [0.25, 0.3) is 5.56 Å². The van der Waals surface area contributed by atoms with Gasteiger partial charge in [0.05, 0.1) is 16.8 Å². The number of halogens is 4. The summed E-state index contributed by atoms with van der Waals surface area (Å²) in [5, 5.41) is -0.0943. The maximum absolute atomic E-state index is 12.4. The highest BCUT2D eigenvalue weighted by Crippen LogP contribution is 2.29. The van der Waals surface area contributed by atoms with Crippen LogP contribution >= 0.6 is 11.6 Å². The molecule has 0 radical (unpaired) electrons. The van der Waals surface area contributed by atoms with Crippen LogP contribution in [-0.4, -0.2) is 9.55 Å². The molecule has 0 unspecified atom stereocenters. The van der Waals surface area contributed by atoms with E-state index < -0.39 is 23.0 Å². The fourth-order valence-corrected chi connectivity index (χ4v) is 1.79. The Hall–Kier alpha value is -2.02. The Bertz CT molecular complexity index is 760. The van der Waals surface area contributed by atoms with Crippen LogP contribution in [0.5, 0.6) is 0 Å². The maximum atomic E-state index is 12.4. The van der Waals surface area contributed by atoms with E-state index in [4.69, 9.17) is 11.6 Å². The second-order valence-electron chi connectivity index (χ2n) is 4.05. The van der Waals surface area contributed by atoms with Gasteiger partial charge in [-0.25, -0.2) is 9.36 Å². The van der Waals surface area contributed by atoms with Crippen molar-refractivity contribution in [3.63, 3.8) is 0 Å². The highest BCUT2D eigenvalue weighted by atomic mass is 35.5. The molecule has 0 spiro atoms. The van der Waals surface area contributed by atoms with E-state index in [1.54, 1.807) is 0 Å². The van der Waals surface area contributed by atoms with Gasteiger partial charge in [-0.3, -0.25) is 9.78 Å². The van der Waals surface area contributed by atoms with Crippen molar-refractivity contribution in [2.45, 2.75) is 13.1 Å². The SMILES string of the molecule is Cc1c(Cl)[nH]c(=O)n(-c2ccc(C(F)(F)F)cc2)c1=O. The molecule has 0 aliphatic carbocycles. The van der Waals surface area contributed by atoms with Crippen LogP contribution < -0.4 is 11.2 Å². The molecule has 0 bridgehead atoms. The second kappa shape index (κ2) is 4.82. The lowest BCUT2D eigenvalue weighted by Crippen LogP contribution is -2.35. The Morgan fingerprint density at radius 3 is 2.20 bits per heavy atom. The first-order valence-electron chi connectivity index (χ1n) is 5.41. The highest BCUT2D eigenvalue weighted by molar-refractivity contribution is 6.30. The van der Waals surface area contributed by atoms with Gasteiger partial charge in [0.15, 0.2) is 0 Å². The molecular formula is C12H8ClF3N2O2. The third-order valence-corrected chi connectivity index (χ3v) is 3.10. The summed E-state index contributed by atoms with van der Waals surface area (Å²) < 4.78 is 38.1. The lowest BCUT2D eigenvalue weighted by atomic mass is 10.2. The van der Waals surface area contributed by atoms with Crippen molar-refractivity contribution in [2.24, 2.45) is 0 Å². The minimum absolute atomic E-state index is 0.0315. The minimum atomic E-state index is -4.48. The number of rotatable bonds is 1. The average Bonchev–Trinajstić information content (AvgIpc) is 2.36. The lowest BCUT2D eigenvalue weighted by Gasteiger charge is -2.09. The van der Waals surface area contributed by atoms with Crippen LogP contribution in [-0.2, 0) is 6.18 Å². The topological polar surface area (TPSA) is 54.9 Å². The van der Waals surface area contributed by atoms with Gasteiger partial charge in [0, 0.05) is 0 Å². The van der Waals surface area contributed by atoms with Crippen molar-refractivity contribution < 1.29 is 13.2 Å². The molecule has 1 aromatic heterocycles. The molecule has 0 atom stereocenters. The first kappa shape index (κ1) is 14.4. The molecule has 1 heterocycles. The highest BCUT2D eigenvalue weighted by Gasteiger charge is 2.30. The predicted octanol–water partition coefficient (Wildman–Crippen LogP) is 2.51. The van der Waals surface area contributed by atoms with E-state index in [0.717, 1.165) is 28.8 Å². The molecule has 106 valence electrons. The van der Waals surface area contributed by atoms with Crippen molar-refractivity contribution >= 4 is 11.6 Å². The molecule has 8 heteroatoms. The van der Waals surface area contributed by atoms with Crippen molar-refractivity contribution in [3.05, 3.63) is 61.4 Å². The first-order valence-corrected chi connectivity index (χ1v) is 5.78. The van der Waals surface area contributed by atoms with Crippen molar-refractivity contribution in [1.82, 2.24) is 9.55 Å². The number of nitrogens with zero attached hydrogens (tertiary/aromatic N) is 1. The Morgan fingerprint density at radius 1 is 1.15 bits per heavy atom. The molecule has 1 aromatic carbocycles. The number of alkyl halides is 3. The largest absolute Gasteiger partial charge is 0.416 e. The summed E-state index contributed by atoms with van der Waals surface area (Å²) in [7, 11) is 0. The first-order chi connectivity index (χ1) is 9.21. The molecule has 1 N–H and O–H groups in total. The number of hydrogen-bond donors (Lipinski definition) is 1. The standard InChI is InChI=1S/C12H8ClF3N2O2/c1-6-9(13)17-11(20)18(10(6)19)8-4-2-7(3-5-8)12(14,15)16/h2-5H,1H3,(H,17,20). The van der Waals surface area contributed by atoms with E-state index in [2.05, 4.69) is 4.98 Å². The van der Waals surface area contributed by atoms with Gasteiger partial charge < -0.3 is 0 Å². The summed E-state index contributed by atoms with van der Waals surface area (Å²) in [6.07, 6.45) is -4.48. The molecule has 0 aliphatic heterocycles. The number of aromatic amines is 1. The third kappa shape index (κ3) is 2.49. The van der Waals surface area contributed by atoms with Crippen LogP contribution in [0.4, 0.5) is 13.2 Å². The Kier molecular flexibility index (Phi) is 3.47. The van der Waals surface area contributed by atoms with Gasteiger partial charge in [-0.1, -0.05) is 11.6 Å². The number of nitrogens with one attached hydrogen (secondary N) is 1. The zero-order chi connectivity index (χ0) is 15.1. The van der Waals surface area contributed by atoms with Gasteiger partial charge in [0.1, 0.15) is 5.15 Å². The summed E-state index contributed by atoms with van der Waals surface area (Å²) in [6.45, 7) is 1.40. The Balaban J connectivity index is 2.62. The normalized spacial score (nSPS) is 11.7. The molecule has 2 rings (SSSR count). The van der Waals surface area contributed by atoms with E-state index in [0.29, 0.717) is 0 Å². The van der Waals surface area contributed by atoms with Crippen LogP contribution in [0.25, 0.3) is 5.69 Å². The molecule has 20 heavy (non-hydrogen) atoms. The number of benzene rings is 1. The van der Waals surface area contributed by atoms with Gasteiger partial charge in [-0.2, -0.15) is 13.2 Å². The van der Waals surface area contributed by atoms with Crippen LogP contribution in [0, 0.1) is 6.92 Å². The fourth-order valence-electron chi connectivity index (χ4n) is 1.63. The summed E-state index contributed by atoms with van der Waals surface area (Å²) in [5.41, 5.74) is -2.23. The van der Waals surface area contributed by atoms with Crippen molar-refractivity contribution in [3.8, 4) is 5.69 Å². The maximum Gasteiger partial charge on any atom is 0.416 e. The summed E-state index contributed by atoms with van der Waals surface area (Å²) in [5.74, 6) is 0. The lowest BCUT2D eigenvalue weighted by molar-refractivity contribution is -0.137. The second-order valence-corrected chi connectivity index (χ2v) is 4.43. The molecule has 0 amide bonds. The molecule has 4 nitrogen and oxygen atoms in total. The van der Waals surface area contributed by atoms with E-state index in [1.165, 1.54) is 6.92 Å². The van der Waals surface area contributed by atoms with Gasteiger partial charge in [-0.05, 0) is 31.2 Å². The molecule has 0 saturated heterocycles. The summed E-state index contributed by atoms with van der Waals surface area (Å²) in [4.78, 5) is 25.9. The van der Waals surface area contributed by atoms with Gasteiger partial charge in [-0.15, -0.1) is 0 Å². The molecule has 0 aliphatic rings. The Labute approximate surface area is 115 Å². The average molecular weight is 305 g/mol. The van der Waals surface area contributed by atoms with E-state index in [-0.39, 0.29) is 16.4 Å². The van der Waals surface area contributed by atoms with E-state index in [9.17, 15) is 22.8 Å². The molecule has 2 aromatic rings. The number of aromatic nitrogens is 2. The van der Waals surface area contributed by atoms with Crippen LogP contribution in [0.2, 0.25) is 5.15 Å². The molecule has 0 saturated carbocycles. The van der Waals surface area contributed by atoms with Gasteiger partial charge in [0.2, 0.25) is 0 Å². The fraction of sp³-hybridized carbons (Fsp3) is 0.167. The predicted molar refractivity (Wildman–Crippen MR) is 67.4 cm³/mol. The summed E-state index contributed by atoms with van der Waals surface area (Å²) in [6, 6.07) is 3.69. The molecule has 0 fully saturated rings. The zero-order valence-corrected chi connectivity index (χ0v) is 10.8. The summed E-state index contributed by atoms with van der Waals surface area (Å²) >= 11 is 5.65. The number of H-pyrrole nitrogens is 1. The minimum Gasteiger partial charge on any atom is -0.297 e.